The van der Waals surface area contributed by atoms with Gasteiger partial charge in [-0.15, -0.1) is 0 Å². The lowest BCUT2D eigenvalue weighted by Crippen LogP contribution is -2.48. The van der Waals surface area contributed by atoms with Gasteiger partial charge in [-0.25, -0.2) is 0 Å². The summed E-state index contributed by atoms with van der Waals surface area (Å²) in [6.45, 7) is 11.6. The van der Waals surface area contributed by atoms with E-state index in [1.807, 2.05) is 0 Å². The van der Waals surface area contributed by atoms with E-state index in [1.165, 1.54) is 31.4 Å². The number of anilines is 1. The normalized spacial score (nSPS) is 30.9. The molecule has 0 radical (unpaired) electrons. The van der Waals surface area contributed by atoms with Gasteiger partial charge in [-0.2, -0.15) is 0 Å². The van der Waals surface area contributed by atoms with Crippen LogP contribution >= 0.6 is 0 Å². The van der Waals surface area contributed by atoms with Crippen LogP contribution in [-0.4, -0.2) is 43.0 Å². The minimum absolute atomic E-state index is 0.147. The van der Waals surface area contributed by atoms with E-state index < -0.39 is 0 Å². The molecule has 2 unspecified atom stereocenters. The second-order valence-electron chi connectivity index (χ2n) is 10.7. The number of hydrogen-bond donors (Lipinski definition) is 1. The minimum Gasteiger partial charge on any atom is -0.370 e. The third-order valence-electron chi connectivity index (χ3n) is 7.80. The second-order valence-corrected chi connectivity index (χ2v) is 10.7. The fourth-order valence-electron chi connectivity index (χ4n) is 5.84. The standard InChI is InChI=1S/C25H39N3O/c1-25(2,3)20-10-8-18(9-11-20)21-6-4-5-7-22(21)27-12-14-28(15-13-27)23-16-19(23)17-24(26)29/h4-7,18-20,23H,8-17H2,1-3H3,(H2,26,29). The molecule has 2 atom stereocenters. The molecular weight excluding hydrogens is 358 g/mol. The lowest BCUT2D eigenvalue weighted by Gasteiger charge is -2.40. The summed E-state index contributed by atoms with van der Waals surface area (Å²) in [4.78, 5) is 16.4. The molecule has 2 aliphatic carbocycles. The smallest absolute Gasteiger partial charge is 0.217 e. The van der Waals surface area contributed by atoms with Gasteiger partial charge in [0, 0.05) is 44.3 Å². The van der Waals surface area contributed by atoms with Crippen molar-refractivity contribution in [3.05, 3.63) is 29.8 Å². The number of benzene rings is 1. The molecule has 1 saturated heterocycles. The lowest BCUT2D eigenvalue weighted by molar-refractivity contribution is -0.118. The van der Waals surface area contributed by atoms with E-state index in [0.717, 1.165) is 38.5 Å². The van der Waals surface area contributed by atoms with E-state index in [9.17, 15) is 4.79 Å². The van der Waals surface area contributed by atoms with Crippen LogP contribution < -0.4 is 10.6 Å². The number of hydrogen-bond acceptors (Lipinski definition) is 3. The molecule has 0 aromatic heterocycles. The molecular formula is C25H39N3O. The molecule has 3 aliphatic rings. The predicted octanol–water partition coefficient (Wildman–Crippen LogP) is 4.39. The highest BCUT2D eigenvalue weighted by atomic mass is 16.1. The highest BCUT2D eigenvalue weighted by molar-refractivity contribution is 5.74. The van der Waals surface area contributed by atoms with Crippen LogP contribution in [0.4, 0.5) is 5.69 Å². The minimum atomic E-state index is -0.147. The van der Waals surface area contributed by atoms with Crippen LogP contribution in [0.1, 0.15) is 70.8 Å². The summed E-state index contributed by atoms with van der Waals surface area (Å²) in [5, 5.41) is 0. The van der Waals surface area contributed by atoms with Crippen LogP contribution in [0.25, 0.3) is 0 Å². The van der Waals surface area contributed by atoms with Crippen molar-refractivity contribution >= 4 is 11.6 Å². The van der Waals surface area contributed by atoms with Crippen LogP contribution in [0.15, 0.2) is 24.3 Å². The average molecular weight is 398 g/mol. The Balaban J connectivity index is 1.36. The Labute approximate surface area is 176 Å². The maximum atomic E-state index is 11.2. The quantitative estimate of drug-likeness (QED) is 0.801. The molecule has 1 aromatic carbocycles. The maximum Gasteiger partial charge on any atom is 0.217 e. The summed E-state index contributed by atoms with van der Waals surface area (Å²) in [7, 11) is 0. The molecule has 2 N–H and O–H groups in total. The number of primary amides is 1. The number of amides is 1. The number of para-hydroxylation sites is 1. The molecule has 1 heterocycles. The molecule has 29 heavy (non-hydrogen) atoms. The summed E-state index contributed by atoms with van der Waals surface area (Å²) in [6.07, 6.45) is 7.09. The van der Waals surface area contributed by atoms with E-state index in [-0.39, 0.29) is 5.91 Å². The van der Waals surface area contributed by atoms with Gasteiger partial charge in [-0.3, -0.25) is 9.69 Å². The van der Waals surface area contributed by atoms with Crippen LogP contribution in [0.3, 0.4) is 0 Å². The predicted molar refractivity (Wildman–Crippen MR) is 120 cm³/mol. The van der Waals surface area contributed by atoms with Crippen LogP contribution in [0.2, 0.25) is 0 Å². The van der Waals surface area contributed by atoms with Crippen molar-refractivity contribution in [2.24, 2.45) is 23.0 Å². The Kier molecular flexibility index (Phi) is 5.92. The molecule has 160 valence electrons. The largest absolute Gasteiger partial charge is 0.370 e. The highest BCUT2D eigenvalue weighted by Gasteiger charge is 2.43. The number of rotatable bonds is 5. The zero-order valence-corrected chi connectivity index (χ0v) is 18.6. The van der Waals surface area contributed by atoms with Gasteiger partial charge < -0.3 is 10.6 Å². The number of nitrogens with zero attached hydrogens (tertiary/aromatic N) is 2. The molecule has 0 bridgehead atoms. The fourth-order valence-corrected chi connectivity index (χ4v) is 5.84. The Bertz CT molecular complexity index is 709. The summed E-state index contributed by atoms with van der Waals surface area (Å²) < 4.78 is 0. The van der Waals surface area contributed by atoms with E-state index in [4.69, 9.17) is 5.73 Å². The van der Waals surface area contributed by atoms with Crippen molar-refractivity contribution in [2.75, 3.05) is 31.1 Å². The zero-order valence-electron chi connectivity index (χ0n) is 18.6. The summed E-state index contributed by atoms with van der Waals surface area (Å²) in [5.41, 5.74) is 8.86. The van der Waals surface area contributed by atoms with Crippen molar-refractivity contribution < 1.29 is 4.79 Å². The third kappa shape index (κ3) is 4.79. The first-order valence-corrected chi connectivity index (χ1v) is 11.7. The Hall–Kier alpha value is -1.55. The van der Waals surface area contributed by atoms with Gasteiger partial charge in [0.1, 0.15) is 0 Å². The van der Waals surface area contributed by atoms with Crippen molar-refractivity contribution in [1.29, 1.82) is 0 Å². The Morgan fingerprint density at radius 2 is 1.69 bits per heavy atom. The van der Waals surface area contributed by atoms with Gasteiger partial charge >= 0.3 is 0 Å². The molecule has 1 amide bonds. The van der Waals surface area contributed by atoms with Gasteiger partial charge in [-0.1, -0.05) is 39.0 Å². The Morgan fingerprint density at radius 3 is 2.31 bits per heavy atom. The first-order chi connectivity index (χ1) is 13.8. The molecule has 4 rings (SSSR count). The Morgan fingerprint density at radius 1 is 1.03 bits per heavy atom. The zero-order chi connectivity index (χ0) is 20.6. The third-order valence-corrected chi connectivity index (χ3v) is 7.80. The van der Waals surface area contributed by atoms with E-state index in [0.29, 0.717) is 29.7 Å². The van der Waals surface area contributed by atoms with Crippen LogP contribution in [0, 0.1) is 17.3 Å². The van der Waals surface area contributed by atoms with Gasteiger partial charge in [0.2, 0.25) is 5.91 Å². The number of nitrogens with two attached hydrogens (primary N) is 1. The molecule has 1 aromatic rings. The van der Waals surface area contributed by atoms with Gasteiger partial charge in [0.15, 0.2) is 0 Å². The monoisotopic (exact) mass is 397 g/mol. The SMILES string of the molecule is CC(C)(C)C1CCC(c2ccccc2N2CCN(C3CC3CC(N)=O)CC2)CC1. The van der Waals surface area contributed by atoms with Crippen LogP contribution in [0.5, 0.6) is 0 Å². The van der Waals surface area contributed by atoms with Gasteiger partial charge in [0.05, 0.1) is 0 Å². The molecule has 0 spiro atoms. The molecule has 2 saturated carbocycles. The molecule has 1 aliphatic heterocycles. The van der Waals surface area contributed by atoms with E-state index in [1.54, 1.807) is 5.56 Å². The first kappa shape index (κ1) is 20.7. The topological polar surface area (TPSA) is 49.6 Å². The molecule has 3 fully saturated rings. The lowest BCUT2D eigenvalue weighted by atomic mass is 9.68. The number of piperazine rings is 1. The number of carbonyl (C=O) groups excluding carboxylic acids is 1. The second kappa shape index (κ2) is 8.29. The van der Waals surface area contributed by atoms with E-state index >= 15 is 0 Å². The maximum absolute atomic E-state index is 11.2. The van der Waals surface area contributed by atoms with Crippen molar-refractivity contribution in [3.63, 3.8) is 0 Å². The first-order valence-electron chi connectivity index (χ1n) is 11.7. The fraction of sp³-hybridized carbons (Fsp3) is 0.720. The van der Waals surface area contributed by atoms with Crippen LogP contribution in [-0.2, 0) is 4.79 Å². The summed E-state index contributed by atoms with van der Waals surface area (Å²) in [6, 6.07) is 9.74. The number of carbonyl (C=O) groups is 1. The summed E-state index contributed by atoms with van der Waals surface area (Å²) in [5.74, 6) is 1.93. The average Bonchev–Trinajstić information content (AvgIpc) is 3.46. The van der Waals surface area contributed by atoms with E-state index in [2.05, 4.69) is 54.8 Å². The van der Waals surface area contributed by atoms with Gasteiger partial charge in [-0.05, 0) is 66.9 Å². The molecule has 4 nitrogen and oxygen atoms in total. The van der Waals surface area contributed by atoms with Crippen molar-refractivity contribution in [1.82, 2.24) is 4.90 Å². The molecule has 4 heteroatoms. The summed E-state index contributed by atoms with van der Waals surface area (Å²) >= 11 is 0. The highest BCUT2D eigenvalue weighted by Crippen LogP contribution is 2.45. The van der Waals surface area contributed by atoms with Crippen molar-refractivity contribution in [3.8, 4) is 0 Å². The van der Waals surface area contributed by atoms with Gasteiger partial charge in [0.25, 0.3) is 0 Å². The van der Waals surface area contributed by atoms with Crippen molar-refractivity contribution in [2.45, 2.75) is 71.3 Å².